The van der Waals surface area contributed by atoms with Crippen LogP contribution >= 0.6 is 0 Å². The van der Waals surface area contributed by atoms with Gasteiger partial charge in [0.1, 0.15) is 11.7 Å². The van der Waals surface area contributed by atoms with E-state index in [2.05, 4.69) is 16.8 Å². The van der Waals surface area contributed by atoms with Gasteiger partial charge in [0, 0.05) is 43.6 Å². The van der Waals surface area contributed by atoms with Crippen molar-refractivity contribution in [3.05, 3.63) is 23.4 Å². The Morgan fingerprint density at radius 2 is 2.09 bits per heavy atom. The van der Waals surface area contributed by atoms with Gasteiger partial charge in [-0.15, -0.1) is 0 Å². The molecule has 1 aromatic heterocycles. The van der Waals surface area contributed by atoms with Crippen LogP contribution in [0.3, 0.4) is 0 Å². The van der Waals surface area contributed by atoms with Gasteiger partial charge in [-0.3, -0.25) is 9.59 Å². The number of carbonyl (C=O) groups excluding carboxylic acids is 2. The Morgan fingerprint density at radius 1 is 1.38 bits per heavy atom. The molecule has 2 amide bonds. The maximum atomic E-state index is 13.4. The van der Waals surface area contributed by atoms with E-state index in [4.69, 9.17) is 4.74 Å². The summed E-state index contributed by atoms with van der Waals surface area (Å²) in [6.07, 6.45) is 4.13. The molecule has 1 aliphatic carbocycles. The van der Waals surface area contributed by atoms with Crippen molar-refractivity contribution in [2.45, 2.75) is 59.1 Å². The van der Waals surface area contributed by atoms with Crippen molar-refractivity contribution in [3.8, 4) is 17.7 Å². The first-order valence-electron chi connectivity index (χ1n) is 11.5. The van der Waals surface area contributed by atoms with Gasteiger partial charge in [0.05, 0.1) is 19.2 Å². The number of pyridine rings is 1. The summed E-state index contributed by atoms with van der Waals surface area (Å²) in [5, 5.41) is 9.76. The van der Waals surface area contributed by atoms with E-state index in [9.17, 15) is 14.7 Å². The Morgan fingerprint density at radius 3 is 2.72 bits per heavy atom. The second-order valence-corrected chi connectivity index (χ2v) is 9.55. The van der Waals surface area contributed by atoms with E-state index < -0.39 is 0 Å². The van der Waals surface area contributed by atoms with Crippen molar-refractivity contribution >= 4 is 11.8 Å². The molecule has 0 bridgehead atoms. The zero-order valence-electron chi connectivity index (χ0n) is 19.8. The van der Waals surface area contributed by atoms with Crippen molar-refractivity contribution in [1.82, 2.24) is 14.8 Å². The first kappa shape index (κ1) is 24.1. The Balaban J connectivity index is 1.91. The Bertz CT molecular complexity index is 900. The highest BCUT2D eigenvalue weighted by molar-refractivity contribution is 5.97. The minimum Gasteiger partial charge on any atom is -0.472 e. The number of aliphatic hydroxyl groups is 1. The number of ether oxygens (including phenoxy) is 1. The molecule has 2 aliphatic rings. The van der Waals surface area contributed by atoms with Gasteiger partial charge in [-0.05, 0) is 31.7 Å². The summed E-state index contributed by atoms with van der Waals surface area (Å²) in [6.45, 7) is 8.51. The van der Waals surface area contributed by atoms with Gasteiger partial charge >= 0.3 is 0 Å². The second kappa shape index (κ2) is 10.4. The van der Waals surface area contributed by atoms with E-state index in [1.54, 1.807) is 29.1 Å². The number of hydrogen-bond acceptors (Lipinski definition) is 5. The Labute approximate surface area is 191 Å². The summed E-state index contributed by atoms with van der Waals surface area (Å²) in [5.41, 5.74) is 0.984. The number of likely N-dealkylation sites (N-methyl/N-ethyl adjacent to an activating group) is 1. The van der Waals surface area contributed by atoms with Crippen LogP contribution in [0.4, 0.5) is 0 Å². The van der Waals surface area contributed by atoms with E-state index >= 15 is 0 Å². The number of nitrogens with zero attached hydrogens (tertiary/aromatic N) is 3. The second-order valence-electron chi connectivity index (χ2n) is 9.55. The van der Waals surface area contributed by atoms with Crippen LogP contribution in [-0.4, -0.2) is 70.6 Å². The molecule has 0 saturated heterocycles. The summed E-state index contributed by atoms with van der Waals surface area (Å²) in [5.74, 6) is 6.95. The highest BCUT2D eigenvalue weighted by atomic mass is 16.5. The minimum atomic E-state index is -0.351. The van der Waals surface area contributed by atoms with Crippen LogP contribution < -0.4 is 4.74 Å². The SMILES string of the molecule is CC(C)C#Cc1cnc2c(c1)C(=O)N([C@H](C)CO)C[C@@H](C)[C@H](CN(C)C(=O)CC1CC1)O2. The summed E-state index contributed by atoms with van der Waals surface area (Å²) in [7, 11) is 1.80. The Hall–Kier alpha value is -2.59. The molecule has 0 aromatic carbocycles. The largest absolute Gasteiger partial charge is 0.472 e. The van der Waals surface area contributed by atoms with Crippen LogP contribution in [-0.2, 0) is 4.79 Å². The van der Waals surface area contributed by atoms with Crippen LogP contribution in [0.1, 0.15) is 62.9 Å². The molecule has 0 radical (unpaired) electrons. The number of rotatable bonds is 6. The molecule has 3 atom stereocenters. The minimum absolute atomic E-state index is 0.0560. The van der Waals surface area contributed by atoms with E-state index in [1.807, 2.05) is 27.7 Å². The number of aromatic nitrogens is 1. The molecule has 7 nitrogen and oxygen atoms in total. The number of hydrogen-bond donors (Lipinski definition) is 1. The van der Waals surface area contributed by atoms with Gasteiger partial charge in [-0.25, -0.2) is 4.98 Å². The lowest BCUT2D eigenvalue weighted by molar-refractivity contribution is -0.131. The molecule has 0 unspecified atom stereocenters. The standard InChI is InChI=1S/C25H35N3O4/c1-16(2)6-7-20-10-21-24(26-12-20)32-22(14-27(5)23(30)11-19-8-9-19)17(3)13-28(25(21)31)18(4)15-29/h10,12,16-19,22,29H,8-9,11,13-15H2,1-5H3/t17-,18-,22+/m1/s1. The van der Waals surface area contributed by atoms with E-state index in [1.165, 1.54) is 0 Å². The molecule has 1 aromatic rings. The first-order chi connectivity index (χ1) is 15.2. The van der Waals surface area contributed by atoms with Crippen LogP contribution in [0, 0.1) is 29.6 Å². The molecule has 1 fully saturated rings. The van der Waals surface area contributed by atoms with Gasteiger partial charge in [-0.1, -0.05) is 32.6 Å². The van der Waals surface area contributed by atoms with Gasteiger partial charge in [0.15, 0.2) is 0 Å². The lowest BCUT2D eigenvalue weighted by Gasteiger charge is -2.37. The third-order valence-corrected chi connectivity index (χ3v) is 6.07. The molecule has 7 heteroatoms. The summed E-state index contributed by atoms with van der Waals surface area (Å²) in [4.78, 5) is 33.8. The third kappa shape index (κ3) is 6.01. The predicted octanol–water partition coefficient (Wildman–Crippen LogP) is 2.57. The van der Waals surface area contributed by atoms with Crippen molar-refractivity contribution in [2.24, 2.45) is 17.8 Å². The summed E-state index contributed by atoms with van der Waals surface area (Å²) < 4.78 is 6.24. The maximum absolute atomic E-state index is 13.4. The molecule has 0 spiro atoms. The average molecular weight is 442 g/mol. The van der Waals surface area contributed by atoms with Gasteiger partial charge < -0.3 is 19.6 Å². The molecule has 3 rings (SSSR count). The fourth-order valence-electron chi connectivity index (χ4n) is 3.71. The number of carbonyl (C=O) groups is 2. The normalized spacial score (nSPS) is 21.6. The number of fused-ring (bicyclic) bond motifs is 1. The highest BCUT2D eigenvalue weighted by Crippen LogP contribution is 2.33. The van der Waals surface area contributed by atoms with Gasteiger partial charge in [0.2, 0.25) is 11.8 Å². The Kier molecular flexibility index (Phi) is 7.78. The van der Waals surface area contributed by atoms with Crippen molar-refractivity contribution in [2.75, 3.05) is 26.7 Å². The van der Waals surface area contributed by atoms with Gasteiger partial charge in [-0.2, -0.15) is 0 Å². The van der Waals surface area contributed by atoms with Crippen LogP contribution in [0.15, 0.2) is 12.3 Å². The summed E-state index contributed by atoms with van der Waals surface area (Å²) in [6, 6.07) is 1.36. The van der Waals surface area contributed by atoms with E-state index in [0.29, 0.717) is 36.6 Å². The zero-order chi connectivity index (χ0) is 23.4. The lowest BCUT2D eigenvalue weighted by atomic mass is 9.99. The smallest absolute Gasteiger partial charge is 0.259 e. The molecule has 1 N–H and O–H groups in total. The predicted molar refractivity (Wildman–Crippen MR) is 122 cm³/mol. The molecule has 1 saturated carbocycles. The van der Waals surface area contributed by atoms with Crippen molar-refractivity contribution in [1.29, 1.82) is 0 Å². The quantitative estimate of drug-likeness (QED) is 0.686. The molecule has 1 aliphatic heterocycles. The lowest BCUT2D eigenvalue weighted by Crippen LogP contribution is -2.50. The molecule has 32 heavy (non-hydrogen) atoms. The third-order valence-electron chi connectivity index (χ3n) is 6.07. The molecular weight excluding hydrogens is 406 g/mol. The van der Waals surface area contributed by atoms with Crippen molar-refractivity contribution in [3.63, 3.8) is 0 Å². The molecule has 2 heterocycles. The van der Waals surface area contributed by atoms with Crippen LogP contribution in [0.5, 0.6) is 5.88 Å². The monoisotopic (exact) mass is 441 g/mol. The maximum Gasteiger partial charge on any atom is 0.259 e. The summed E-state index contributed by atoms with van der Waals surface area (Å²) >= 11 is 0. The number of aliphatic hydroxyl groups excluding tert-OH is 1. The fraction of sp³-hybridized carbons (Fsp3) is 0.640. The first-order valence-corrected chi connectivity index (χ1v) is 11.5. The average Bonchev–Trinajstić information content (AvgIpc) is 3.58. The molecular formula is C25H35N3O4. The van der Waals surface area contributed by atoms with Crippen molar-refractivity contribution < 1.29 is 19.4 Å². The van der Waals surface area contributed by atoms with E-state index in [0.717, 1.165) is 12.8 Å². The fourth-order valence-corrected chi connectivity index (χ4v) is 3.71. The number of amides is 2. The van der Waals surface area contributed by atoms with E-state index in [-0.39, 0.29) is 48.3 Å². The van der Waals surface area contributed by atoms with Gasteiger partial charge in [0.25, 0.3) is 5.91 Å². The zero-order valence-corrected chi connectivity index (χ0v) is 19.8. The van der Waals surface area contributed by atoms with Crippen LogP contribution in [0.2, 0.25) is 0 Å². The molecule has 174 valence electrons. The highest BCUT2D eigenvalue weighted by Gasteiger charge is 2.35. The van der Waals surface area contributed by atoms with Crippen LogP contribution in [0.25, 0.3) is 0 Å². The topological polar surface area (TPSA) is 83.0 Å².